The van der Waals surface area contributed by atoms with Crippen molar-refractivity contribution < 1.29 is 9.59 Å². The van der Waals surface area contributed by atoms with Crippen LogP contribution < -0.4 is 10.6 Å². The molecule has 1 aromatic rings. The third kappa shape index (κ3) is 3.46. The van der Waals surface area contributed by atoms with Gasteiger partial charge in [0.05, 0.1) is 0 Å². The van der Waals surface area contributed by atoms with Gasteiger partial charge in [0, 0.05) is 17.3 Å². The van der Waals surface area contributed by atoms with Gasteiger partial charge in [-0.05, 0) is 37.1 Å². The molecule has 2 N–H and O–H groups in total. The first-order chi connectivity index (χ1) is 8.19. The van der Waals surface area contributed by atoms with Crippen LogP contribution >= 0.6 is 11.6 Å². The Morgan fingerprint density at radius 2 is 1.88 bits per heavy atom. The van der Waals surface area contributed by atoms with Gasteiger partial charge in [-0.2, -0.15) is 0 Å². The summed E-state index contributed by atoms with van der Waals surface area (Å²) in [5.41, 5.74) is 1.24. The summed E-state index contributed by atoms with van der Waals surface area (Å²) in [7, 11) is 0. The normalized spacial score (nSPS) is 14.2. The average molecular weight is 253 g/mol. The van der Waals surface area contributed by atoms with Crippen molar-refractivity contribution in [3.8, 4) is 0 Å². The van der Waals surface area contributed by atoms with E-state index in [9.17, 15) is 9.59 Å². The van der Waals surface area contributed by atoms with Gasteiger partial charge in [0.2, 0.25) is 5.91 Å². The second kappa shape index (κ2) is 5.19. The Balaban J connectivity index is 1.96. The zero-order chi connectivity index (χ0) is 12.3. The Morgan fingerprint density at radius 1 is 1.24 bits per heavy atom. The average Bonchev–Trinajstić information content (AvgIpc) is 3.13. The summed E-state index contributed by atoms with van der Waals surface area (Å²) in [5.74, 6) is -0.409. The van der Waals surface area contributed by atoms with Crippen LogP contribution in [0.25, 0.3) is 0 Å². The van der Waals surface area contributed by atoms with Crippen molar-refractivity contribution in [1.82, 2.24) is 5.32 Å². The molecule has 17 heavy (non-hydrogen) atoms. The molecule has 0 heterocycles. The van der Waals surface area contributed by atoms with Gasteiger partial charge >= 0.3 is 0 Å². The number of carbonyl (C=O) groups is 2. The Kier molecular flexibility index (Phi) is 3.64. The van der Waals surface area contributed by atoms with Gasteiger partial charge in [0.25, 0.3) is 5.91 Å². The molecule has 0 saturated heterocycles. The summed E-state index contributed by atoms with van der Waals surface area (Å²) < 4.78 is 0. The van der Waals surface area contributed by atoms with Crippen molar-refractivity contribution in [3.63, 3.8) is 0 Å². The number of hydrogen-bond donors (Lipinski definition) is 2. The summed E-state index contributed by atoms with van der Waals surface area (Å²) in [6.45, 7) is 0. The van der Waals surface area contributed by atoms with Crippen LogP contribution in [0.1, 0.15) is 23.2 Å². The number of alkyl halides is 1. The fourth-order valence-corrected chi connectivity index (χ4v) is 1.46. The second-order valence-corrected chi connectivity index (χ2v) is 4.27. The molecular formula is C12H13ClN2O2. The lowest BCUT2D eigenvalue weighted by Crippen LogP contribution is -2.25. The van der Waals surface area contributed by atoms with Crippen molar-refractivity contribution in [2.45, 2.75) is 18.9 Å². The van der Waals surface area contributed by atoms with E-state index in [1.807, 2.05) is 0 Å². The number of anilines is 1. The molecule has 2 rings (SSSR count). The van der Waals surface area contributed by atoms with Crippen molar-refractivity contribution in [2.75, 3.05) is 11.2 Å². The molecule has 0 bridgehead atoms. The topological polar surface area (TPSA) is 58.2 Å². The van der Waals surface area contributed by atoms with Gasteiger partial charge in [-0.3, -0.25) is 9.59 Å². The van der Waals surface area contributed by atoms with Crippen LogP contribution in [-0.4, -0.2) is 23.7 Å². The van der Waals surface area contributed by atoms with Crippen LogP contribution in [0.4, 0.5) is 5.69 Å². The van der Waals surface area contributed by atoms with Crippen LogP contribution in [0.15, 0.2) is 24.3 Å². The van der Waals surface area contributed by atoms with Crippen LogP contribution in [0.2, 0.25) is 0 Å². The van der Waals surface area contributed by atoms with Gasteiger partial charge in [0.1, 0.15) is 5.88 Å². The maximum absolute atomic E-state index is 11.7. The minimum atomic E-state index is -0.262. The van der Waals surface area contributed by atoms with Crippen LogP contribution in [0.3, 0.4) is 0 Å². The fraction of sp³-hybridized carbons (Fsp3) is 0.333. The number of nitrogens with one attached hydrogen (secondary N) is 2. The minimum Gasteiger partial charge on any atom is -0.349 e. The van der Waals surface area contributed by atoms with E-state index in [0.717, 1.165) is 12.8 Å². The zero-order valence-electron chi connectivity index (χ0n) is 9.20. The van der Waals surface area contributed by atoms with Gasteiger partial charge in [-0.25, -0.2) is 0 Å². The molecule has 5 heteroatoms. The molecule has 0 radical (unpaired) electrons. The van der Waals surface area contributed by atoms with Crippen LogP contribution in [0, 0.1) is 0 Å². The largest absolute Gasteiger partial charge is 0.349 e. The summed E-state index contributed by atoms with van der Waals surface area (Å²) in [4.78, 5) is 22.7. The molecule has 1 aromatic carbocycles. The van der Waals surface area contributed by atoms with E-state index in [0.29, 0.717) is 17.3 Å². The molecule has 1 saturated carbocycles. The molecule has 90 valence electrons. The van der Waals surface area contributed by atoms with Crippen molar-refractivity contribution in [1.29, 1.82) is 0 Å². The Bertz CT molecular complexity index is 427. The van der Waals surface area contributed by atoms with E-state index in [1.165, 1.54) is 0 Å². The predicted octanol–water partition coefficient (Wildman–Crippen LogP) is 1.76. The SMILES string of the molecule is O=C(CCl)Nc1ccc(C(=O)NC2CC2)cc1. The molecule has 0 aromatic heterocycles. The predicted molar refractivity (Wildman–Crippen MR) is 66.3 cm³/mol. The third-order valence-electron chi connectivity index (χ3n) is 2.46. The van der Waals surface area contributed by atoms with Gasteiger partial charge < -0.3 is 10.6 Å². The summed E-state index contributed by atoms with van der Waals surface area (Å²) in [6, 6.07) is 7.08. The van der Waals surface area contributed by atoms with Crippen LogP contribution in [0.5, 0.6) is 0 Å². The highest BCUT2D eigenvalue weighted by atomic mass is 35.5. The summed E-state index contributed by atoms with van der Waals surface area (Å²) in [5, 5.41) is 5.50. The van der Waals surface area contributed by atoms with Gasteiger partial charge in [-0.15, -0.1) is 11.6 Å². The molecule has 0 atom stereocenters. The summed E-state index contributed by atoms with van der Waals surface area (Å²) >= 11 is 5.37. The second-order valence-electron chi connectivity index (χ2n) is 4.01. The lowest BCUT2D eigenvalue weighted by molar-refractivity contribution is -0.113. The third-order valence-corrected chi connectivity index (χ3v) is 2.71. The molecule has 0 unspecified atom stereocenters. The molecule has 0 aliphatic heterocycles. The highest BCUT2D eigenvalue weighted by molar-refractivity contribution is 6.29. The van der Waals surface area contributed by atoms with E-state index in [2.05, 4.69) is 10.6 Å². The Labute approximate surface area is 104 Å². The molecule has 1 fully saturated rings. The number of halogens is 1. The Morgan fingerprint density at radius 3 is 2.41 bits per heavy atom. The number of benzene rings is 1. The standard InChI is InChI=1S/C12H13ClN2O2/c13-7-11(16)14-9-3-1-8(2-4-9)12(17)15-10-5-6-10/h1-4,10H,5-7H2,(H,14,16)(H,15,17). The number of rotatable bonds is 4. The number of amides is 2. The smallest absolute Gasteiger partial charge is 0.251 e. The molecule has 4 nitrogen and oxygen atoms in total. The van der Waals surface area contributed by atoms with E-state index in [1.54, 1.807) is 24.3 Å². The summed E-state index contributed by atoms with van der Waals surface area (Å²) in [6.07, 6.45) is 2.13. The Hall–Kier alpha value is -1.55. The first-order valence-electron chi connectivity index (χ1n) is 5.46. The van der Waals surface area contributed by atoms with E-state index < -0.39 is 0 Å². The lowest BCUT2D eigenvalue weighted by Gasteiger charge is -2.05. The van der Waals surface area contributed by atoms with Crippen molar-refractivity contribution in [3.05, 3.63) is 29.8 Å². The lowest BCUT2D eigenvalue weighted by atomic mass is 10.2. The zero-order valence-corrected chi connectivity index (χ0v) is 9.96. The van der Waals surface area contributed by atoms with E-state index in [-0.39, 0.29) is 17.7 Å². The molecule has 1 aliphatic carbocycles. The maximum atomic E-state index is 11.7. The van der Waals surface area contributed by atoms with E-state index >= 15 is 0 Å². The molecule has 2 amide bonds. The van der Waals surface area contributed by atoms with Crippen LogP contribution in [-0.2, 0) is 4.79 Å². The van der Waals surface area contributed by atoms with Gasteiger partial charge in [-0.1, -0.05) is 0 Å². The quantitative estimate of drug-likeness (QED) is 0.803. The highest BCUT2D eigenvalue weighted by Gasteiger charge is 2.23. The fourth-order valence-electron chi connectivity index (χ4n) is 1.40. The minimum absolute atomic E-state index is 0.0669. The molecular weight excluding hydrogens is 240 g/mol. The molecule has 1 aliphatic rings. The molecule has 0 spiro atoms. The first-order valence-corrected chi connectivity index (χ1v) is 5.99. The van der Waals surface area contributed by atoms with Crippen molar-refractivity contribution in [2.24, 2.45) is 0 Å². The monoisotopic (exact) mass is 252 g/mol. The number of carbonyl (C=O) groups excluding carboxylic acids is 2. The van der Waals surface area contributed by atoms with E-state index in [4.69, 9.17) is 11.6 Å². The highest BCUT2D eigenvalue weighted by Crippen LogP contribution is 2.19. The van der Waals surface area contributed by atoms with Gasteiger partial charge in [0.15, 0.2) is 0 Å². The number of hydrogen-bond acceptors (Lipinski definition) is 2. The maximum Gasteiger partial charge on any atom is 0.251 e. The first kappa shape index (κ1) is 11.9. The van der Waals surface area contributed by atoms with Crippen molar-refractivity contribution >= 4 is 29.1 Å².